The lowest BCUT2D eigenvalue weighted by molar-refractivity contribution is -0.118. The number of nitrogens with zero attached hydrogens (tertiary/aromatic N) is 1. The Morgan fingerprint density at radius 1 is 1.22 bits per heavy atom. The molecule has 11 heteroatoms. The average molecular weight is 601 g/mol. The van der Waals surface area contributed by atoms with E-state index in [9.17, 15) is 9.59 Å². The predicted molar refractivity (Wildman–Crippen MR) is 158 cm³/mol. The maximum atomic E-state index is 15.9. The van der Waals surface area contributed by atoms with E-state index in [2.05, 4.69) is 41.7 Å². The first kappa shape index (κ1) is 29.1. The number of carbonyl (C=O) groups is 2. The van der Waals surface area contributed by atoms with Crippen LogP contribution in [0.3, 0.4) is 0 Å². The Labute approximate surface area is 248 Å². The van der Waals surface area contributed by atoms with Gasteiger partial charge in [-0.1, -0.05) is 56.1 Å². The van der Waals surface area contributed by atoms with Gasteiger partial charge in [0.25, 0.3) is 0 Å². The number of ether oxygens (including phenoxy) is 1. The molecule has 2 amide bonds. The number of rotatable bonds is 6. The zero-order chi connectivity index (χ0) is 29.7. The molecule has 2 aromatic carbocycles. The van der Waals surface area contributed by atoms with Crippen molar-refractivity contribution in [1.82, 2.24) is 10.3 Å². The van der Waals surface area contributed by atoms with Crippen LogP contribution in [0, 0.1) is 11.2 Å². The summed E-state index contributed by atoms with van der Waals surface area (Å²) in [7, 11) is 1.43. The molecule has 2 aliphatic heterocycles. The fraction of sp³-hybridized carbons (Fsp3) is 0.367. The van der Waals surface area contributed by atoms with Crippen LogP contribution >= 0.6 is 23.2 Å². The third-order valence-electron chi connectivity index (χ3n) is 7.99. The van der Waals surface area contributed by atoms with E-state index in [1.807, 2.05) is 0 Å². The molecule has 8 nitrogen and oxygen atoms in total. The molecule has 2 aliphatic rings. The molecule has 3 heterocycles. The highest BCUT2D eigenvalue weighted by molar-refractivity contribution is 6.30. The minimum atomic E-state index is -0.876. The molecule has 0 saturated carbocycles. The van der Waals surface area contributed by atoms with Crippen molar-refractivity contribution >= 4 is 46.4 Å². The maximum absolute atomic E-state index is 15.9. The lowest BCUT2D eigenvalue weighted by atomic mass is 9.63. The molecule has 0 radical (unpaired) electrons. The number of methoxy groups -OCH3 is 1. The van der Waals surface area contributed by atoms with Crippen molar-refractivity contribution in [3.63, 3.8) is 0 Å². The number of anilines is 2. The Morgan fingerprint density at radius 3 is 2.66 bits per heavy atom. The van der Waals surface area contributed by atoms with Gasteiger partial charge in [0.1, 0.15) is 16.7 Å². The number of pyridine rings is 1. The van der Waals surface area contributed by atoms with Gasteiger partial charge in [0.05, 0.1) is 23.9 Å². The fourth-order valence-electron chi connectivity index (χ4n) is 6.30. The standard InChI is InChI=1S/C30H32Cl2FN5O3/c1-29(2,3)12-22-30(14-36-20-11-23(32)35-13-17(20)30)24(16-6-5-7-18(31)25(16)33)26(38-22)28(40)37-19-9-8-15(27(34)39)10-21(19)41-4/h5-11,13,22,24,26,36,38H,12,14H2,1-4H3,(H2,34,39)(H,37,40)/t22-,24-,26+,30-/m0/s1. The van der Waals surface area contributed by atoms with Crippen LogP contribution in [-0.2, 0) is 10.2 Å². The topological polar surface area (TPSA) is 118 Å². The number of amides is 2. The molecule has 1 aromatic heterocycles. The van der Waals surface area contributed by atoms with Gasteiger partial charge in [-0.05, 0) is 47.7 Å². The second kappa shape index (κ2) is 10.8. The van der Waals surface area contributed by atoms with Crippen molar-refractivity contribution in [3.8, 4) is 5.75 Å². The highest BCUT2D eigenvalue weighted by Gasteiger charge is 2.62. The number of hydrogen-bond donors (Lipinski definition) is 4. The summed E-state index contributed by atoms with van der Waals surface area (Å²) >= 11 is 12.5. The number of carbonyl (C=O) groups excluding carboxylic acids is 2. The van der Waals surface area contributed by atoms with Gasteiger partial charge in [0.2, 0.25) is 11.8 Å². The monoisotopic (exact) mass is 599 g/mol. The van der Waals surface area contributed by atoms with Crippen LogP contribution in [0.25, 0.3) is 0 Å². The van der Waals surface area contributed by atoms with Gasteiger partial charge < -0.3 is 26.4 Å². The van der Waals surface area contributed by atoms with Crippen LogP contribution in [-0.4, -0.2) is 42.5 Å². The Hall–Kier alpha value is -3.40. The molecule has 4 atom stereocenters. The molecule has 0 unspecified atom stereocenters. The van der Waals surface area contributed by atoms with Gasteiger partial charge in [-0.2, -0.15) is 0 Å². The van der Waals surface area contributed by atoms with E-state index in [-0.39, 0.29) is 27.8 Å². The summed E-state index contributed by atoms with van der Waals surface area (Å²) in [5, 5.41) is 10.3. The van der Waals surface area contributed by atoms with E-state index in [4.69, 9.17) is 33.7 Å². The van der Waals surface area contributed by atoms with Crippen molar-refractivity contribution in [1.29, 1.82) is 0 Å². The van der Waals surface area contributed by atoms with Crippen molar-refractivity contribution in [2.24, 2.45) is 11.1 Å². The lowest BCUT2D eigenvalue weighted by Crippen LogP contribution is -2.46. The van der Waals surface area contributed by atoms with Gasteiger partial charge in [-0.3, -0.25) is 9.59 Å². The summed E-state index contributed by atoms with van der Waals surface area (Å²) in [6.45, 7) is 6.80. The summed E-state index contributed by atoms with van der Waals surface area (Å²) in [6, 6.07) is 10.0. The lowest BCUT2D eigenvalue weighted by Gasteiger charge is -2.39. The van der Waals surface area contributed by atoms with Gasteiger partial charge in [0, 0.05) is 46.9 Å². The number of halogens is 3. The smallest absolute Gasteiger partial charge is 0.248 e. The number of benzene rings is 2. The number of hydrogen-bond acceptors (Lipinski definition) is 6. The van der Waals surface area contributed by atoms with Crippen LogP contribution in [0.1, 0.15) is 54.6 Å². The van der Waals surface area contributed by atoms with Crippen molar-refractivity contribution in [3.05, 3.63) is 81.3 Å². The van der Waals surface area contributed by atoms with E-state index in [0.29, 0.717) is 29.4 Å². The van der Waals surface area contributed by atoms with E-state index in [0.717, 1.165) is 11.3 Å². The third-order valence-corrected chi connectivity index (χ3v) is 8.49. The number of aromatic nitrogens is 1. The molecule has 1 fully saturated rings. The average Bonchev–Trinajstić information content (AvgIpc) is 3.43. The molecule has 41 heavy (non-hydrogen) atoms. The zero-order valence-corrected chi connectivity index (χ0v) is 24.7. The molecule has 3 aromatic rings. The van der Waals surface area contributed by atoms with Gasteiger partial charge in [-0.25, -0.2) is 9.37 Å². The summed E-state index contributed by atoms with van der Waals surface area (Å²) in [5.41, 5.74) is 7.07. The highest BCUT2D eigenvalue weighted by atomic mass is 35.5. The summed E-state index contributed by atoms with van der Waals surface area (Å²) in [5.74, 6) is -2.01. The molecular weight excluding hydrogens is 568 g/mol. The minimum absolute atomic E-state index is 0.0276. The second-order valence-corrected chi connectivity index (χ2v) is 12.6. The van der Waals surface area contributed by atoms with Gasteiger partial charge in [0.15, 0.2) is 0 Å². The molecule has 1 saturated heterocycles. The maximum Gasteiger partial charge on any atom is 0.248 e. The molecule has 0 bridgehead atoms. The highest BCUT2D eigenvalue weighted by Crippen LogP contribution is 2.56. The summed E-state index contributed by atoms with van der Waals surface area (Å²) in [6.07, 6.45) is 2.40. The molecule has 5 rings (SSSR count). The van der Waals surface area contributed by atoms with Crippen LogP contribution < -0.4 is 26.4 Å². The van der Waals surface area contributed by atoms with Gasteiger partial charge in [-0.15, -0.1) is 0 Å². The van der Waals surface area contributed by atoms with Crippen LogP contribution in [0.2, 0.25) is 10.2 Å². The predicted octanol–water partition coefficient (Wildman–Crippen LogP) is 5.50. The fourth-order valence-corrected chi connectivity index (χ4v) is 6.64. The second-order valence-electron chi connectivity index (χ2n) is 11.8. The molecule has 0 aliphatic carbocycles. The van der Waals surface area contributed by atoms with Crippen molar-refractivity contribution in [2.75, 3.05) is 24.3 Å². The number of nitrogens with one attached hydrogen (secondary N) is 3. The van der Waals surface area contributed by atoms with E-state index in [1.54, 1.807) is 30.5 Å². The molecule has 1 spiro atoms. The van der Waals surface area contributed by atoms with E-state index >= 15 is 4.39 Å². The third kappa shape index (κ3) is 5.22. The number of fused-ring (bicyclic) bond motifs is 2. The van der Waals surface area contributed by atoms with E-state index in [1.165, 1.54) is 25.3 Å². The Kier molecular flexibility index (Phi) is 7.65. The largest absolute Gasteiger partial charge is 0.495 e. The number of primary amides is 1. The Balaban J connectivity index is 1.66. The van der Waals surface area contributed by atoms with E-state index < -0.39 is 35.0 Å². The Bertz CT molecular complexity index is 1530. The summed E-state index contributed by atoms with van der Waals surface area (Å²) in [4.78, 5) is 30.2. The van der Waals surface area contributed by atoms with Crippen LogP contribution in [0.4, 0.5) is 15.8 Å². The quantitative estimate of drug-likeness (QED) is 0.278. The summed E-state index contributed by atoms with van der Waals surface area (Å²) < 4.78 is 21.3. The molecule has 5 N–H and O–H groups in total. The SMILES string of the molecule is COc1cc(C(N)=O)ccc1NC(=O)[C@@H]1N[C@@H](CC(C)(C)C)[C@@]2(CNc3cc(Cl)ncc32)[C@H]1c1cccc(Cl)c1F. The molecular formula is C30H32Cl2FN5O3. The van der Waals surface area contributed by atoms with Crippen LogP contribution in [0.15, 0.2) is 48.7 Å². The first-order chi connectivity index (χ1) is 19.4. The van der Waals surface area contributed by atoms with Gasteiger partial charge >= 0.3 is 0 Å². The minimum Gasteiger partial charge on any atom is -0.495 e. The number of nitrogens with two attached hydrogens (primary N) is 1. The molecule has 216 valence electrons. The first-order valence-electron chi connectivity index (χ1n) is 13.2. The normalized spacial score (nSPS) is 23.2. The first-order valence-corrected chi connectivity index (χ1v) is 14.0. The Morgan fingerprint density at radius 2 is 1.98 bits per heavy atom. The zero-order valence-electron chi connectivity index (χ0n) is 23.1. The van der Waals surface area contributed by atoms with Crippen molar-refractivity contribution < 1.29 is 18.7 Å². The van der Waals surface area contributed by atoms with Crippen LogP contribution in [0.5, 0.6) is 5.75 Å². The van der Waals surface area contributed by atoms with Crippen molar-refractivity contribution in [2.45, 2.75) is 50.6 Å².